The average Bonchev–Trinajstić information content (AvgIpc) is 3.44. The van der Waals surface area contributed by atoms with Crippen molar-refractivity contribution in [2.75, 3.05) is 11.9 Å². The number of carbonyl (C=O) groups excluding carboxylic acids is 1. The highest BCUT2D eigenvalue weighted by Crippen LogP contribution is 2.35. The number of anilines is 2. The van der Waals surface area contributed by atoms with Crippen molar-refractivity contribution in [2.45, 2.75) is 25.8 Å². The van der Waals surface area contributed by atoms with Crippen molar-refractivity contribution in [1.82, 2.24) is 19.9 Å². The van der Waals surface area contributed by atoms with E-state index >= 15 is 0 Å². The number of thiazole rings is 1. The minimum absolute atomic E-state index is 0.0360. The van der Waals surface area contributed by atoms with Gasteiger partial charge in [-0.15, -0.1) is 11.3 Å². The van der Waals surface area contributed by atoms with Gasteiger partial charge in [-0.3, -0.25) is 14.8 Å². The molecule has 0 aliphatic carbocycles. The van der Waals surface area contributed by atoms with E-state index in [0.29, 0.717) is 5.56 Å². The summed E-state index contributed by atoms with van der Waals surface area (Å²) in [6.45, 7) is 2.71. The molecular weight excluding hydrogens is 394 g/mol. The number of likely N-dealkylation sites (tertiary alicyclic amines) is 1. The van der Waals surface area contributed by atoms with Crippen molar-refractivity contribution >= 4 is 39.0 Å². The molecule has 1 N–H and O–H groups in total. The summed E-state index contributed by atoms with van der Waals surface area (Å²) < 4.78 is 0. The number of nitrogens with one attached hydrogen (secondary N) is 1. The second kappa shape index (κ2) is 7.84. The van der Waals surface area contributed by atoms with Crippen LogP contribution in [0.4, 0.5) is 10.8 Å². The lowest BCUT2D eigenvalue weighted by Gasteiger charge is -2.25. The first-order valence-electron chi connectivity index (χ1n) is 9.99. The molecule has 150 valence electrons. The Balaban J connectivity index is 1.48. The molecule has 1 aliphatic rings. The molecule has 4 heterocycles. The van der Waals surface area contributed by atoms with Crippen LogP contribution in [0.25, 0.3) is 10.9 Å². The highest BCUT2D eigenvalue weighted by Gasteiger charge is 2.32. The number of hydrogen-bond acceptors (Lipinski definition) is 6. The van der Waals surface area contributed by atoms with Gasteiger partial charge in [0.2, 0.25) is 0 Å². The van der Waals surface area contributed by atoms with Crippen LogP contribution in [0.1, 0.15) is 40.6 Å². The van der Waals surface area contributed by atoms with Crippen LogP contribution >= 0.6 is 11.3 Å². The first-order valence-corrected chi connectivity index (χ1v) is 10.9. The Kier molecular flexibility index (Phi) is 4.88. The molecular formula is C23H21N5OS. The highest BCUT2D eigenvalue weighted by molar-refractivity contribution is 7.13. The fourth-order valence-electron chi connectivity index (χ4n) is 4.11. The van der Waals surface area contributed by atoms with E-state index in [9.17, 15) is 4.79 Å². The quantitative estimate of drug-likeness (QED) is 0.501. The highest BCUT2D eigenvalue weighted by atomic mass is 32.1. The molecule has 7 heteroatoms. The molecule has 1 atom stereocenters. The molecule has 6 nitrogen and oxygen atoms in total. The maximum Gasteiger partial charge on any atom is 0.255 e. The Bertz CT molecular complexity index is 1200. The maximum atomic E-state index is 13.5. The number of aromatic nitrogens is 3. The molecule has 30 heavy (non-hydrogen) atoms. The largest absolute Gasteiger partial charge is 0.331 e. The summed E-state index contributed by atoms with van der Waals surface area (Å²) in [5.74, 6) is 0.0360. The first-order chi connectivity index (χ1) is 14.7. The summed E-state index contributed by atoms with van der Waals surface area (Å²) in [6, 6.07) is 13.6. The van der Waals surface area contributed by atoms with Gasteiger partial charge >= 0.3 is 0 Å². The number of rotatable bonds is 4. The molecule has 1 aromatic carbocycles. The van der Waals surface area contributed by atoms with E-state index in [4.69, 9.17) is 4.98 Å². The third kappa shape index (κ3) is 3.52. The molecule has 0 spiro atoms. The van der Waals surface area contributed by atoms with Crippen molar-refractivity contribution in [3.63, 3.8) is 0 Å². The topological polar surface area (TPSA) is 71.0 Å². The lowest BCUT2D eigenvalue weighted by molar-refractivity contribution is 0.0735. The molecule has 0 radical (unpaired) electrons. The number of nitrogens with zero attached hydrogens (tertiary/aromatic N) is 4. The zero-order chi connectivity index (χ0) is 20.5. The van der Waals surface area contributed by atoms with Crippen LogP contribution in [0.2, 0.25) is 0 Å². The van der Waals surface area contributed by atoms with Crippen molar-refractivity contribution in [2.24, 2.45) is 0 Å². The van der Waals surface area contributed by atoms with Crippen molar-refractivity contribution in [3.8, 4) is 0 Å². The van der Waals surface area contributed by atoms with Gasteiger partial charge in [0.25, 0.3) is 5.91 Å². The maximum absolute atomic E-state index is 13.5. The van der Waals surface area contributed by atoms with E-state index in [1.807, 2.05) is 59.7 Å². The van der Waals surface area contributed by atoms with E-state index in [2.05, 4.69) is 15.3 Å². The standard InChI is InChI=1S/C23H21N5OS/c1-15-13-16(27-23-25-10-12-30-23)14-20(26-15)21-8-4-11-28(21)22(29)18-5-2-7-19-17(18)6-3-9-24-19/h2-3,5-7,9-10,12-14,21H,4,8,11H2,1H3,(H,25,26,27). The number of carbonyl (C=O) groups is 1. The Morgan fingerprint density at radius 2 is 2.10 bits per heavy atom. The normalized spacial score (nSPS) is 16.2. The minimum atomic E-state index is -0.0406. The third-order valence-corrected chi connectivity index (χ3v) is 6.08. The van der Waals surface area contributed by atoms with Gasteiger partial charge in [0.05, 0.1) is 17.3 Å². The molecule has 4 aromatic rings. The van der Waals surface area contributed by atoms with Gasteiger partial charge in [0, 0.05) is 46.6 Å². The van der Waals surface area contributed by atoms with Gasteiger partial charge in [-0.1, -0.05) is 12.1 Å². The van der Waals surface area contributed by atoms with Crippen LogP contribution in [0.3, 0.4) is 0 Å². The molecule has 1 amide bonds. The molecule has 0 saturated carbocycles. The zero-order valence-electron chi connectivity index (χ0n) is 16.6. The van der Waals surface area contributed by atoms with Gasteiger partial charge in [-0.05, 0) is 50.1 Å². The predicted molar refractivity (Wildman–Crippen MR) is 119 cm³/mol. The Morgan fingerprint density at radius 3 is 2.97 bits per heavy atom. The van der Waals surface area contributed by atoms with Crippen molar-refractivity contribution < 1.29 is 4.79 Å². The number of hydrogen-bond donors (Lipinski definition) is 1. The summed E-state index contributed by atoms with van der Waals surface area (Å²) in [7, 11) is 0. The van der Waals surface area contributed by atoms with Crippen LogP contribution in [0, 0.1) is 6.92 Å². The summed E-state index contributed by atoms with van der Waals surface area (Å²) in [5, 5.41) is 7.01. The molecule has 5 rings (SSSR count). The monoisotopic (exact) mass is 415 g/mol. The predicted octanol–water partition coefficient (Wildman–Crippen LogP) is 5.12. The van der Waals surface area contributed by atoms with Crippen LogP contribution in [0.15, 0.2) is 60.2 Å². The van der Waals surface area contributed by atoms with Crippen LogP contribution in [-0.4, -0.2) is 32.3 Å². The van der Waals surface area contributed by atoms with Gasteiger partial charge < -0.3 is 10.2 Å². The molecule has 0 bridgehead atoms. The Hall–Kier alpha value is -3.32. The molecule has 1 unspecified atom stereocenters. The Labute approximate surface area is 178 Å². The van der Waals surface area contributed by atoms with Gasteiger partial charge in [-0.2, -0.15) is 0 Å². The Morgan fingerprint density at radius 1 is 1.17 bits per heavy atom. The molecule has 3 aromatic heterocycles. The van der Waals surface area contributed by atoms with Crippen molar-refractivity contribution in [1.29, 1.82) is 0 Å². The van der Waals surface area contributed by atoms with Crippen LogP contribution in [0.5, 0.6) is 0 Å². The number of fused-ring (bicyclic) bond motifs is 1. The molecule has 1 fully saturated rings. The summed E-state index contributed by atoms with van der Waals surface area (Å²) in [6.07, 6.45) is 5.40. The number of amides is 1. The van der Waals surface area contributed by atoms with E-state index < -0.39 is 0 Å². The van der Waals surface area contributed by atoms with Gasteiger partial charge in [0.1, 0.15) is 0 Å². The summed E-state index contributed by atoms with van der Waals surface area (Å²) in [5.41, 5.74) is 4.31. The van der Waals surface area contributed by atoms with Gasteiger partial charge in [-0.25, -0.2) is 4.98 Å². The first kappa shape index (κ1) is 18.7. The van der Waals surface area contributed by atoms with Gasteiger partial charge in [0.15, 0.2) is 5.13 Å². The number of pyridine rings is 2. The van der Waals surface area contributed by atoms with E-state index in [-0.39, 0.29) is 11.9 Å². The minimum Gasteiger partial charge on any atom is -0.331 e. The molecule has 1 aliphatic heterocycles. The van der Waals surface area contributed by atoms with Crippen molar-refractivity contribution in [3.05, 3.63) is 77.2 Å². The van der Waals surface area contributed by atoms with E-state index in [1.165, 1.54) is 0 Å². The smallest absolute Gasteiger partial charge is 0.255 e. The number of benzene rings is 1. The van der Waals surface area contributed by atoms with Crippen LogP contribution in [-0.2, 0) is 0 Å². The van der Waals surface area contributed by atoms with Crippen LogP contribution < -0.4 is 5.32 Å². The van der Waals surface area contributed by atoms with E-state index in [1.54, 1.807) is 23.7 Å². The SMILES string of the molecule is Cc1cc(Nc2nccs2)cc(C2CCCN2C(=O)c2cccc3ncccc23)n1. The number of aryl methyl sites for hydroxylation is 1. The third-order valence-electron chi connectivity index (χ3n) is 5.39. The second-order valence-corrected chi connectivity index (χ2v) is 8.31. The lowest BCUT2D eigenvalue weighted by atomic mass is 10.1. The average molecular weight is 416 g/mol. The lowest BCUT2D eigenvalue weighted by Crippen LogP contribution is -2.31. The fourth-order valence-corrected chi connectivity index (χ4v) is 4.66. The molecule has 1 saturated heterocycles. The zero-order valence-corrected chi connectivity index (χ0v) is 17.4. The fraction of sp³-hybridized carbons (Fsp3) is 0.217. The van der Waals surface area contributed by atoms with E-state index in [0.717, 1.165) is 52.5 Å². The summed E-state index contributed by atoms with van der Waals surface area (Å²) in [4.78, 5) is 28.9. The second-order valence-electron chi connectivity index (χ2n) is 7.42. The summed E-state index contributed by atoms with van der Waals surface area (Å²) >= 11 is 1.55.